The molecule has 0 amide bonds. The lowest BCUT2D eigenvalue weighted by Gasteiger charge is -1.96. The molecule has 0 atom stereocenters. The van der Waals surface area contributed by atoms with E-state index < -0.39 is 0 Å². The smallest absolute Gasteiger partial charge is 0.205 e. The van der Waals surface area contributed by atoms with Crippen LogP contribution in [0.2, 0.25) is 0 Å². The molecule has 1 heteroatoms. The molecule has 0 radical (unpaired) electrons. The van der Waals surface area contributed by atoms with Gasteiger partial charge in [0.2, 0.25) is 5.78 Å². The minimum Gasteiger partial charge on any atom is -0.285 e. The van der Waals surface area contributed by atoms with Crippen LogP contribution in [0.4, 0.5) is 0 Å². The summed E-state index contributed by atoms with van der Waals surface area (Å²) in [5.41, 5.74) is 0. The van der Waals surface area contributed by atoms with Crippen molar-refractivity contribution in [1.29, 1.82) is 0 Å². The summed E-state index contributed by atoms with van der Waals surface area (Å²) in [5, 5.41) is 0. The third kappa shape index (κ3) is 11.0. The molecule has 0 aliphatic heterocycles. The van der Waals surface area contributed by atoms with Gasteiger partial charge in [-0.05, 0) is 18.8 Å². The predicted octanol–water partition coefficient (Wildman–Crippen LogP) is 4.28. The second kappa shape index (κ2) is 12.0. The molecule has 0 N–H and O–H groups in total. The normalized spacial score (nSPS) is 9.31. The van der Waals surface area contributed by atoms with Gasteiger partial charge in [0, 0.05) is 12.8 Å². The minimum absolute atomic E-state index is 0.0471. The Labute approximate surface area is 100 Å². The van der Waals surface area contributed by atoms with Gasteiger partial charge in [0.1, 0.15) is 0 Å². The van der Waals surface area contributed by atoms with Crippen LogP contribution in [0, 0.1) is 11.8 Å². The number of hydrogen-bond acceptors (Lipinski definition) is 1. The van der Waals surface area contributed by atoms with Crippen molar-refractivity contribution in [1.82, 2.24) is 0 Å². The molecule has 0 unspecified atom stereocenters. The maximum atomic E-state index is 11.2. The summed E-state index contributed by atoms with van der Waals surface area (Å²) in [7, 11) is 0. The van der Waals surface area contributed by atoms with E-state index in [-0.39, 0.29) is 5.78 Å². The Morgan fingerprint density at radius 2 is 1.88 bits per heavy atom. The highest BCUT2D eigenvalue weighted by Gasteiger charge is 1.93. The summed E-state index contributed by atoms with van der Waals surface area (Å²) < 4.78 is 0. The minimum atomic E-state index is 0.0471. The van der Waals surface area contributed by atoms with E-state index >= 15 is 0 Å². The van der Waals surface area contributed by atoms with Crippen molar-refractivity contribution < 1.29 is 4.79 Å². The Bertz CT molecular complexity index is 242. The van der Waals surface area contributed by atoms with Crippen LogP contribution in [-0.4, -0.2) is 5.78 Å². The monoisotopic (exact) mass is 220 g/mol. The molecule has 0 spiro atoms. The topological polar surface area (TPSA) is 17.1 Å². The number of rotatable bonds is 9. The first kappa shape index (κ1) is 15.0. The summed E-state index contributed by atoms with van der Waals surface area (Å²) in [6.07, 6.45) is 11.5. The predicted molar refractivity (Wildman–Crippen MR) is 70.2 cm³/mol. The van der Waals surface area contributed by atoms with Crippen molar-refractivity contribution in [3.8, 4) is 11.8 Å². The van der Waals surface area contributed by atoms with E-state index in [9.17, 15) is 4.79 Å². The molecule has 0 heterocycles. The van der Waals surface area contributed by atoms with Crippen LogP contribution < -0.4 is 0 Å². The molecule has 0 aliphatic carbocycles. The summed E-state index contributed by atoms with van der Waals surface area (Å²) in [4.78, 5) is 11.2. The number of ketones is 1. The van der Waals surface area contributed by atoms with Crippen molar-refractivity contribution in [2.75, 3.05) is 0 Å². The SMILES string of the molecule is C=CCCC(=O)C#CCCCCCCCC. The van der Waals surface area contributed by atoms with Gasteiger partial charge >= 0.3 is 0 Å². The van der Waals surface area contributed by atoms with Crippen LogP contribution in [0.3, 0.4) is 0 Å². The van der Waals surface area contributed by atoms with E-state index in [4.69, 9.17) is 0 Å². The van der Waals surface area contributed by atoms with Gasteiger partial charge in [0.25, 0.3) is 0 Å². The Morgan fingerprint density at radius 1 is 1.19 bits per heavy atom. The quantitative estimate of drug-likeness (QED) is 0.245. The lowest BCUT2D eigenvalue weighted by atomic mass is 10.1. The Kier molecular flexibility index (Phi) is 11.3. The van der Waals surface area contributed by atoms with Crippen molar-refractivity contribution >= 4 is 5.78 Å². The van der Waals surface area contributed by atoms with E-state index in [1.54, 1.807) is 6.08 Å². The number of unbranched alkanes of at least 4 members (excludes halogenated alkanes) is 6. The van der Waals surface area contributed by atoms with Crippen LogP contribution in [-0.2, 0) is 4.79 Å². The fourth-order valence-corrected chi connectivity index (χ4v) is 1.45. The standard InChI is InChI=1S/C15H24O/c1-3-5-7-8-9-10-11-12-14-15(16)13-6-4-2/h4H,2-3,5-11,13H2,1H3. The average molecular weight is 220 g/mol. The molecule has 0 aromatic rings. The Balaban J connectivity index is 3.33. The van der Waals surface area contributed by atoms with Gasteiger partial charge in [-0.3, -0.25) is 4.79 Å². The van der Waals surface area contributed by atoms with Crippen LogP contribution >= 0.6 is 0 Å². The second-order valence-corrected chi connectivity index (χ2v) is 4.07. The summed E-state index contributed by atoms with van der Waals surface area (Å²) >= 11 is 0. The number of Topliss-reactive ketones (excluding diaryl/α,β-unsaturated/α-hetero) is 1. The maximum absolute atomic E-state index is 11.2. The van der Waals surface area contributed by atoms with Gasteiger partial charge in [0.05, 0.1) is 0 Å². The lowest BCUT2D eigenvalue weighted by molar-refractivity contribution is -0.113. The van der Waals surface area contributed by atoms with Gasteiger partial charge in [-0.1, -0.05) is 51.0 Å². The van der Waals surface area contributed by atoms with Gasteiger partial charge in [-0.15, -0.1) is 6.58 Å². The van der Waals surface area contributed by atoms with Gasteiger partial charge < -0.3 is 0 Å². The highest BCUT2D eigenvalue weighted by molar-refractivity contribution is 5.95. The zero-order chi connectivity index (χ0) is 12.1. The molecule has 0 fully saturated rings. The number of allylic oxidation sites excluding steroid dienone is 1. The second-order valence-electron chi connectivity index (χ2n) is 4.07. The molecule has 1 nitrogen and oxygen atoms in total. The molecule has 0 bridgehead atoms. The van der Waals surface area contributed by atoms with Gasteiger partial charge in [0.15, 0.2) is 0 Å². The number of carbonyl (C=O) groups is 1. The van der Waals surface area contributed by atoms with Gasteiger partial charge in [-0.2, -0.15) is 0 Å². The molecule has 0 rings (SSSR count). The van der Waals surface area contributed by atoms with Crippen LogP contribution in [0.15, 0.2) is 12.7 Å². The highest BCUT2D eigenvalue weighted by Crippen LogP contribution is 2.06. The molecular weight excluding hydrogens is 196 g/mol. The Morgan fingerprint density at radius 3 is 2.56 bits per heavy atom. The first-order valence-corrected chi connectivity index (χ1v) is 6.43. The van der Waals surface area contributed by atoms with Crippen LogP contribution in [0.25, 0.3) is 0 Å². The van der Waals surface area contributed by atoms with Crippen molar-refractivity contribution in [3.63, 3.8) is 0 Å². The van der Waals surface area contributed by atoms with Crippen molar-refractivity contribution in [3.05, 3.63) is 12.7 Å². The maximum Gasteiger partial charge on any atom is 0.205 e. The first-order valence-electron chi connectivity index (χ1n) is 6.43. The Hall–Kier alpha value is -1.03. The third-order valence-electron chi connectivity index (χ3n) is 2.46. The molecule has 0 aliphatic rings. The van der Waals surface area contributed by atoms with E-state index in [0.717, 1.165) is 19.3 Å². The number of hydrogen-bond donors (Lipinski definition) is 0. The van der Waals surface area contributed by atoms with E-state index in [2.05, 4.69) is 25.3 Å². The molecule has 90 valence electrons. The van der Waals surface area contributed by atoms with Crippen LogP contribution in [0.1, 0.15) is 64.7 Å². The summed E-state index contributed by atoms with van der Waals surface area (Å²) in [6.45, 7) is 5.80. The molecule has 0 aromatic heterocycles. The van der Waals surface area contributed by atoms with E-state index in [0.29, 0.717) is 6.42 Å². The molecule has 0 saturated carbocycles. The molecule has 0 saturated heterocycles. The number of carbonyl (C=O) groups excluding carboxylic acids is 1. The molecule has 0 aromatic carbocycles. The fourth-order valence-electron chi connectivity index (χ4n) is 1.45. The van der Waals surface area contributed by atoms with Crippen molar-refractivity contribution in [2.24, 2.45) is 0 Å². The zero-order valence-corrected chi connectivity index (χ0v) is 10.6. The summed E-state index contributed by atoms with van der Waals surface area (Å²) in [5.74, 6) is 5.68. The first-order chi connectivity index (χ1) is 7.81. The highest BCUT2D eigenvalue weighted by atomic mass is 16.1. The molecule has 16 heavy (non-hydrogen) atoms. The average Bonchev–Trinajstić information content (AvgIpc) is 2.30. The van der Waals surface area contributed by atoms with E-state index in [1.807, 2.05) is 0 Å². The third-order valence-corrected chi connectivity index (χ3v) is 2.46. The molecular formula is C15H24O. The van der Waals surface area contributed by atoms with Crippen LogP contribution in [0.5, 0.6) is 0 Å². The fraction of sp³-hybridized carbons (Fsp3) is 0.667. The lowest BCUT2D eigenvalue weighted by Crippen LogP contribution is -1.91. The van der Waals surface area contributed by atoms with Gasteiger partial charge in [-0.25, -0.2) is 0 Å². The summed E-state index contributed by atoms with van der Waals surface area (Å²) in [6, 6.07) is 0. The van der Waals surface area contributed by atoms with Crippen molar-refractivity contribution in [2.45, 2.75) is 64.7 Å². The van der Waals surface area contributed by atoms with E-state index in [1.165, 1.54) is 32.1 Å². The largest absolute Gasteiger partial charge is 0.285 e. The zero-order valence-electron chi connectivity index (χ0n) is 10.6.